The molecule has 0 atom stereocenters. The number of piperidine rings is 1. The first-order valence-electron chi connectivity index (χ1n) is 11.0. The van der Waals surface area contributed by atoms with Crippen LogP contribution >= 0.6 is 0 Å². The summed E-state index contributed by atoms with van der Waals surface area (Å²) in [6.45, 7) is 6.44. The summed E-state index contributed by atoms with van der Waals surface area (Å²) in [5.41, 5.74) is 11.7. The second kappa shape index (κ2) is 8.20. The second-order valence-electron chi connectivity index (χ2n) is 8.52. The fourth-order valence-electron chi connectivity index (χ4n) is 4.58. The highest BCUT2D eigenvalue weighted by Gasteiger charge is 2.23. The molecule has 1 saturated heterocycles. The van der Waals surface area contributed by atoms with E-state index in [1.165, 1.54) is 4.40 Å². The van der Waals surface area contributed by atoms with Gasteiger partial charge in [-0.2, -0.15) is 0 Å². The van der Waals surface area contributed by atoms with E-state index in [9.17, 15) is 4.79 Å². The lowest BCUT2D eigenvalue weighted by molar-refractivity contribution is 0.317. The zero-order valence-corrected chi connectivity index (χ0v) is 18.4. The Hall–Kier alpha value is -3.52. The predicted molar refractivity (Wildman–Crippen MR) is 125 cm³/mol. The van der Waals surface area contributed by atoms with Gasteiger partial charge in [0.1, 0.15) is 0 Å². The summed E-state index contributed by atoms with van der Waals surface area (Å²) in [6, 6.07) is 13.9. The summed E-state index contributed by atoms with van der Waals surface area (Å²) in [6.07, 6.45) is 2.05. The molecule has 32 heavy (non-hydrogen) atoms. The third kappa shape index (κ3) is 3.67. The molecule has 3 N–H and O–H groups in total. The minimum Gasteiger partial charge on any atom is -0.369 e. The summed E-state index contributed by atoms with van der Waals surface area (Å²) in [5, 5.41) is 8.16. The van der Waals surface area contributed by atoms with Crippen LogP contribution in [0.2, 0.25) is 0 Å². The number of nitrogens with zero attached hydrogens (tertiary/aromatic N) is 5. The molecule has 1 aromatic carbocycles. The number of aryl methyl sites for hydroxylation is 2. The molecule has 8 heteroatoms. The quantitative estimate of drug-likeness (QED) is 0.517. The van der Waals surface area contributed by atoms with Crippen molar-refractivity contribution < 1.29 is 0 Å². The van der Waals surface area contributed by atoms with Gasteiger partial charge >= 0.3 is 5.69 Å². The van der Waals surface area contributed by atoms with Gasteiger partial charge in [-0.25, -0.2) is 18.9 Å². The van der Waals surface area contributed by atoms with E-state index in [2.05, 4.69) is 15.3 Å². The third-order valence-electron chi connectivity index (χ3n) is 6.06. The monoisotopic (exact) mass is 429 g/mol. The Balaban J connectivity index is 1.77. The first-order chi connectivity index (χ1) is 15.5. The van der Waals surface area contributed by atoms with Crippen molar-refractivity contribution in [3.05, 3.63) is 64.3 Å². The van der Waals surface area contributed by atoms with Crippen LogP contribution in [0.3, 0.4) is 0 Å². The summed E-state index contributed by atoms with van der Waals surface area (Å²) in [7, 11) is 0. The van der Waals surface area contributed by atoms with Gasteiger partial charge in [-0.05, 0) is 63.4 Å². The van der Waals surface area contributed by atoms with Gasteiger partial charge in [0.25, 0.3) is 0 Å². The van der Waals surface area contributed by atoms with E-state index in [4.69, 9.17) is 10.8 Å². The van der Waals surface area contributed by atoms with E-state index in [1.54, 1.807) is 4.68 Å². The Morgan fingerprint density at radius 3 is 2.41 bits per heavy atom. The maximum Gasteiger partial charge on any atom is 0.353 e. The molecule has 1 fully saturated rings. The minimum absolute atomic E-state index is 0.145. The number of nitrogen functional groups attached to an aromatic ring is 1. The van der Waals surface area contributed by atoms with Crippen LogP contribution in [0.25, 0.3) is 28.0 Å². The van der Waals surface area contributed by atoms with Crippen molar-refractivity contribution >= 4 is 11.6 Å². The lowest BCUT2D eigenvalue weighted by atomic mass is 9.98. The van der Waals surface area contributed by atoms with Crippen molar-refractivity contribution in [1.29, 1.82) is 0 Å². The molecule has 0 aliphatic carbocycles. The van der Waals surface area contributed by atoms with E-state index in [0.29, 0.717) is 23.8 Å². The molecular weight excluding hydrogens is 402 g/mol. The Kier molecular flexibility index (Phi) is 5.22. The summed E-state index contributed by atoms with van der Waals surface area (Å²) < 4.78 is 3.00. The molecule has 0 radical (unpaired) electrons. The number of rotatable bonds is 4. The topological polar surface area (TPSA) is 103 Å². The average molecular weight is 430 g/mol. The minimum atomic E-state index is -0.244. The molecule has 1 aliphatic rings. The number of fused-ring (bicyclic) bond motifs is 1. The van der Waals surface area contributed by atoms with Crippen LogP contribution in [0, 0.1) is 19.8 Å². The second-order valence-corrected chi connectivity index (χ2v) is 8.52. The maximum absolute atomic E-state index is 13.3. The molecule has 0 spiro atoms. The van der Waals surface area contributed by atoms with Crippen molar-refractivity contribution in [3.8, 4) is 22.4 Å². The fourth-order valence-corrected chi connectivity index (χ4v) is 4.58. The van der Waals surface area contributed by atoms with Gasteiger partial charge in [0.15, 0.2) is 5.65 Å². The molecule has 8 nitrogen and oxygen atoms in total. The Labute approximate surface area is 186 Å². The SMILES string of the molecule is Cc1cc(-c2c(-c3ccccc3)nc(N)n3c(=O)n(CC4CCNCC4)nc23)cc(C)n1. The fraction of sp³-hybridized carbons (Fsp3) is 0.333. The normalized spacial score (nSPS) is 14.8. The highest BCUT2D eigenvalue weighted by molar-refractivity contribution is 5.90. The van der Waals surface area contributed by atoms with E-state index < -0.39 is 0 Å². The van der Waals surface area contributed by atoms with Gasteiger partial charge in [0, 0.05) is 23.5 Å². The Morgan fingerprint density at radius 2 is 1.72 bits per heavy atom. The van der Waals surface area contributed by atoms with Gasteiger partial charge in [0.2, 0.25) is 5.95 Å². The Bertz CT molecular complexity index is 1310. The summed E-state index contributed by atoms with van der Waals surface area (Å²) in [5.74, 6) is 0.558. The number of benzene rings is 1. The van der Waals surface area contributed by atoms with Crippen LogP contribution in [0.1, 0.15) is 24.2 Å². The number of nitrogens with two attached hydrogens (primary N) is 1. The lowest BCUT2D eigenvalue weighted by Crippen LogP contribution is -2.33. The zero-order chi connectivity index (χ0) is 22.2. The van der Waals surface area contributed by atoms with Crippen LogP contribution in [0.15, 0.2) is 47.3 Å². The number of aromatic nitrogens is 5. The molecule has 0 amide bonds. The van der Waals surface area contributed by atoms with Crippen molar-refractivity contribution in [2.75, 3.05) is 18.8 Å². The van der Waals surface area contributed by atoms with Crippen LogP contribution in [0.4, 0.5) is 5.95 Å². The van der Waals surface area contributed by atoms with E-state index in [0.717, 1.165) is 54.0 Å². The molecule has 0 saturated carbocycles. The van der Waals surface area contributed by atoms with Crippen molar-refractivity contribution in [2.24, 2.45) is 5.92 Å². The van der Waals surface area contributed by atoms with Gasteiger partial charge < -0.3 is 11.1 Å². The molecule has 4 aromatic rings. The van der Waals surface area contributed by atoms with Gasteiger partial charge in [0.05, 0.1) is 11.3 Å². The van der Waals surface area contributed by atoms with Crippen molar-refractivity contribution in [2.45, 2.75) is 33.2 Å². The summed E-state index contributed by atoms with van der Waals surface area (Å²) in [4.78, 5) is 22.5. The Morgan fingerprint density at radius 1 is 1.03 bits per heavy atom. The highest BCUT2D eigenvalue weighted by atomic mass is 16.2. The number of hydrogen-bond donors (Lipinski definition) is 2. The first-order valence-corrected chi connectivity index (χ1v) is 11.0. The molecular formula is C24H27N7O. The number of anilines is 1. The molecule has 5 rings (SSSR count). The maximum atomic E-state index is 13.3. The molecule has 0 unspecified atom stereocenters. The predicted octanol–water partition coefficient (Wildman–Crippen LogP) is 2.82. The standard InChI is InChI=1S/C24H27N7O/c1-15-12-19(13-16(2)27-15)20-21(18-6-4-3-5-7-18)28-23(25)31-22(20)29-30(24(31)32)14-17-8-10-26-11-9-17/h3-7,12-13,17,26H,8-11,14H2,1-2H3,(H2,25,28). The lowest BCUT2D eigenvalue weighted by Gasteiger charge is -2.21. The van der Waals surface area contributed by atoms with E-state index in [-0.39, 0.29) is 11.6 Å². The van der Waals surface area contributed by atoms with Crippen LogP contribution in [-0.2, 0) is 6.54 Å². The zero-order valence-electron chi connectivity index (χ0n) is 18.4. The molecule has 1 aliphatic heterocycles. The van der Waals surface area contributed by atoms with Gasteiger partial charge in [-0.3, -0.25) is 4.98 Å². The largest absolute Gasteiger partial charge is 0.369 e. The third-order valence-corrected chi connectivity index (χ3v) is 6.06. The van der Waals surface area contributed by atoms with Crippen molar-refractivity contribution in [1.82, 2.24) is 29.5 Å². The van der Waals surface area contributed by atoms with Gasteiger partial charge in [-0.1, -0.05) is 30.3 Å². The number of nitrogens with one attached hydrogen (secondary N) is 1. The molecule has 164 valence electrons. The first kappa shape index (κ1) is 20.4. The molecule has 0 bridgehead atoms. The molecule has 4 heterocycles. The average Bonchev–Trinajstić information content (AvgIpc) is 3.10. The molecule has 3 aromatic heterocycles. The number of hydrogen-bond acceptors (Lipinski definition) is 6. The summed E-state index contributed by atoms with van der Waals surface area (Å²) >= 11 is 0. The van der Waals surface area contributed by atoms with Crippen LogP contribution in [0.5, 0.6) is 0 Å². The van der Waals surface area contributed by atoms with Crippen LogP contribution in [-0.4, -0.2) is 37.2 Å². The number of pyridine rings is 1. The van der Waals surface area contributed by atoms with Crippen LogP contribution < -0.4 is 16.7 Å². The van der Waals surface area contributed by atoms with Gasteiger partial charge in [-0.15, -0.1) is 5.10 Å². The van der Waals surface area contributed by atoms with E-state index in [1.807, 2.05) is 56.3 Å². The van der Waals surface area contributed by atoms with Crippen molar-refractivity contribution in [3.63, 3.8) is 0 Å². The smallest absolute Gasteiger partial charge is 0.353 e. The highest BCUT2D eigenvalue weighted by Crippen LogP contribution is 2.34. The van der Waals surface area contributed by atoms with E-state index >= 15 is 0 Å².